The summed E-state index contributed by atoms with van der Waals surface area (Å²) in [6.07, 6.45) is 0.952. The van der Waals surface area contributed by atoms with E-state index in [1.54, 1.807) is 0 Å². The quantitative estimate of drug-likeness (QED) is 0.813. The van der Waals surface area contributed by atoms with Crippen molar-refractivity contribution < 1.29 is 4.79 Å². The minimum Gasteiger partial charge on any atom is -0.370 e. The molecule has 0 bridgehead atoms. The van der Waals surface area contributed by atoms with Crippen molar-refractivity contribution in [3.8, 4) is 0 Å². The average molecular weight is 220 g/mol. The van der Waals surface area contributed by atoms with E-state index in [0.29, 0.717) is 12.8 Å². The van der Waals surface area contributed by atoms with Crippen LogP contribution < -0.4 is 11.5 Å². The van der Waals surface area contributed by atoms with Gasteiger partial charge in [0.1, 0.15) is 0 Å². The third-order valence-corrected chi connectivity index (χ3v) is 2.81. The van der Waals surface area contributed by atoms with Crippen LogP contribution in [0, 0.1) is 20.8 Å². The second-order valence-corrected chi connectivity index (χ2v) is 4.42. The van der Waals surface area contributed by atoms with Crippen molar-refractivity contribution >= 4 is 5.91 Å². The SMILES string of the molecule is Cc1cc(C)c(C(N)CCC(N)=O)c(C)c1. The van der Waals surface area contributed by atoms with Crippen LogP contribution in [0.25, 0.3) is 0 Å². The number of benzene rings is 1. The number of aryl methyl sites for hydroxylation is 3. The Morgan fingerprint density at radius 3 is 2.19 bits per heavy atom. The number of carbonyl (C=O) groups excluding carboxylic acids is 1. The lowest BCUT2D eigenvalue weighted by molar-refractivity contribution is -0.118. The van der Waals surface area contributed by atoms with E-state index in [4.69, 9.17) is 11.5 Å². The Balaban J connectivity index is 2.90. The van der Waals surface area contributed by atoms with E-state index in [9.17, 15) is 4.79 Å². The van der Waals surface area contributed by atoms with Gasteiger partial charge >= 0.3 is 0 Å². The molecule has 1 unspecified atom stereocenters. The summed E-state index contributed by atoms with van der Waals surface area (Å²) < 4.78 is 0. The fourth-order valence-electron chi connectivity index (χ4n) is 2.22. The van der Waals surface area contributed by atoms with Crippen LogP contribution in [-0.2, 0) is 4.79 Å². The van der Waals surface area contributed by atoms with Crippen molar-refractivity contribution in [2.75, 3.05) is 0 Å². The van der Waals surface area contributed by atoms with Crippen molar-refractivity contribution in [3.63, 3.8) is 0 Å². The van der Waals surface area contributed by atoms with E-state index in [1.165, 1.54) is 16.7 Å². The highest BCUT2D eigenvalue weighted by Crippen LogP contribution is 2.24. The molecule has 0 aliphatic carbocycles. The Labute approximate surface area is 96.8 Å². The second-order valence-electron chi connectivity index (χ2n) is 4.42. The largest absolute Gasteiger partial charge is 0.370 e. The van der Waals surface area contributed by atoms with Gasteiger partial charge < -0.3 is 11.5 Å². The van der Waals surface area contributed by atoms with Gasteiger partial charge in [0.05, 0.1) is 0 Å². The minimum atomic E-state index is -0.294. The van der Waals surface area contributed by atoms with E-state index in [0.717, 1.165) is 5.56 Å². The van der Waals surface area contributed by atoms with E-state index >= 15 is 0 Å². The first kappa shape index (κ1) is 12.7. The van der Waals surface area contributed by atoms with E-state index in [1.807, 2.05) is 0 Å². The third kappa shape index (κ3) is 3.07. The Bertz CT molecular complexity index is 376. The van der Waals surface area contributed by atoms with E-state index < -0.39 is 0 Å². The lowest BCUT2D eigenvalue weighted by Crippen LogP contribution is -2.18. The normalized spacial score (nSPS) is 12.5. The van der Waals surface area contributed by atoms with Gasteiger partial charge in [-0.05, 0) is 43.9 Å². The number of hydrogen-bond donors (Lipinski definition) is 2. The summed E-state index contributed by atoms with van der Waals surface area (Å²) in [5.74, 6) is -0.294. The number of amides is 1. The Morgan fingerprint density at radius 1 is 1.25 bits per heavy atom. The summed E-state index contributed by atoms with van der Waals surface area (Å²) in [4.78, 5) is 10.7. The zero-order valence-corrected chi connectivity index (χ0v) is 10.2. The van der Waals surface area contributed by atoms with Gasteiger partial charge in [-0.3, -0.25) is 4.79 Å². The number of hydrogen-bond acceptors (Lipinski definition) is 2. The van der Waals surface area contributed by atoms with Crippen LogP contribution in [-0.4, -0.2) is 5.91 Å². The average Bonchev–Trinajstić information content (AvgIpc) is 2.12. The standard InChI is InChI=1S/C13H20N2O/c1-8-6-9(2)13(10(3)7-8)11(14)4-5-12(15)16/h6-7,11H,4-5,14H2,1-3H3,(H2,15,16). The smallest absolute Gasteiger partial charge is 0.217 e. The van der Waals surface area contributed by atoms with Crippen LogP contribution in [0.15, 0.2) is 12.1 Å². The van der Waals surface area contributed by atoms with Crippen LogP contribution in [0.5, 0.6) is 0 Å². The van der Waals surface area contributed by atoms with Gasteiger partial charge in [-0.1, -0.05) is 17.7 Å². The fourth-order valence-corrected chi connectivity index (χ4v) is 2.22. The number of primary amides is 1. The number of rotatable bonds is 4. The molecule has 0 aliphatic heterocycles. The van der Waals surface area contributed by atoms with Crippen LogP contribution in [0.1, 0.15) is 41.1 Å². The highest BCUT2D eigenvalue weighted by molar-refractivity contribution is 5.73. The molecule has 88 valence electrons. The molecular weight excluding hydrogens is 200 g/mol. The zero-order valence-electron chi connectivity index (χ0n) is 10.2. The lowest BCUT2D eigenvalue weighted by Gasteiger charge is -2.17. The molecule has 0 saturated carbocycles. The van der Waals surface area contributed by atoms with Gasteiger partial charge in [-0.15, -0.1) is 0 Å². The summed E-state index contributed by atoms with van der Waals surface area (Å²) in [6, 6.07) is 4.13. The summed E-state index contributed by atoms with van der Waals surface area (Å²) >= 11 is 0. The molecule has 0 radical (unpaired) electrons. The molecular formula is C13H20N2O. The van der Waals surface area contributed by atoms with Crippen molar-refractivity contribution in [2.45, 2.75) is 39.7 Å². The maximum Gasteiger partial charge on any atom is 0.217 e. The molecule has 1 rings (SSSR count). The molecule has 0 heterocycles. The summed E-state index contributed by atoms with van der Waals surface area (Å²) in [7, 11) is 0. The fraction of sp³-hybridized carbons (Fsp3) is 0.462. The first-order chi connectivity index (χ1) is 7.41. The molecule has 0 spiro atoms. The highest BCUT2D eigenvalue weighted by Gasteiger charge is 2.13. The lowest BCUT2D eigenvalue weighted by atomic mass is 9.92. The summed E-state index contributed by atoms with van der Waals surface area (Å²) in [5.41, 5.74) is 16.0. The second kappa shape index (κ2) is 5.12. The monoisotopic (exact) mass is 220 g/mol. The minimum absolute atomic E-state index is 0.104. The summed E-state index contributed by atoms with van der Waals surface area (Å²) in [5, 5.41) is 0. The van der Waals surface area contributed by atoms with Crippen LogP contribution in [0.4, 0.5) is 0 Å². The maximum absolute atomic E-state index is 10.7. The Kier molecular flexibility index (Phi) is 4.07. The number of carbonyl (C=O) groups is 1. The molecule has 0 aromatic heterocycles. The molecule has 3 heteroatoms. The van der Waals surface area contributed by atoms with Gasteiger partial charge in [-0.2, -0.15) is 0 Å². The van der Waals surface area contributed by atoms with Crippen LogP contribution in [0.3, 0.4) is 0 Å². The molecule has 1 aromatic carbocycles. The van der Waals surface area contributed by atoms with Gasteiger partial charge in [-0.25, -0.2) is 0 Å². The van der Waals surface area contributed by atoms with Crippen LogP contribution >= 0.6 is 0 Å². The van der Waals surface area contributed by atoms with Gasteiger partial charge in [0.25, 0.3) is 0 Å². The highest BCUT2D eigenvalue weighted by atomic mass is 16.1. The Morgan fingerprint density at radius 2 is 1.75 bits per heavy atom. The van der Waals surface area contributed by atoms with E-state index in [-0.39, 0.29) is 11.9 Å². The molecule has 1 amide bonds. The zero-order chi connectivity index (χ0) is 12.3. The van der Waals surface area contributed by atoms with Crippen molar-refractivity contribution in [1.82, 2.24) is 0 Å². The summed E-state index contributed by atoms with van der Waals surface area (Å²) in [6.45, 7) is 6.18. The van der Waals surface area contributed by atoms with Crippen molar-refractivity contribution in [3.05, 3.63) is 34.4 Å². The number of nitrogens with two attached hydrogens (primary N) is 2. The molecule has 0 fully saturated rings. The van der Waals surface area contributed by atoms with Gasteiger partial charge in [0.2, 0.25) is 5.91 Å². The predicted octanol–water partition coefficient (Wildman–Crippen LogP) is 1.88. The molecule has 16 heavy (non-hydrogen) atoms. The maximum atomic E-state index is 10.7. The first-order valence-corrected chi connectivity index (χ1v) is 5.53. The molecule has 3 nitrogen and oxygen atoms in total. The van der Waals surface area contributed by atoms with Gasteiger partial charge in [0, 0.05) is 12.5 Å². The molecule has 1 atom stereocenters. The van der Waals surface area contributed by atoms with E-state index in [2.05, 4.69) is 32.9 Å². The van der Waals surface area contributed by atoms with Crippen LogP contribution in [0.2, 0.25) is 0 Å². The molecule has 1 aromatic rings. The van der Waals surface area contributed by atoms with Crippen molar-refractivity contribution in [1.29, 1.82) is 0 Å². The predicted molar refractivity (Wildman–Crippen MR) is 66.0 cm³/mol. The molecule has 4 N–H and O–H groups in total. The third-order valence-electron chi connectivity index (χ3n) is 2.81. The molecule has 0 saturated heterocycles. The van der Waals surface area contributed by atoms with Crippen molar-refractivity contribution in [2.24, 2.45) is 11.5 Å². The first-order valence-electron chi connectivity index (χ1n) is 5.53. The topological polar surface area (TPSA) is 69.1 Å². The molecule has 0 aliphatic rings. The Hall–Kier alpha value is -1.35. The van der Waals surface area contributed by atoms with Gasteiger partial charge in [0.15, 0.2) is 0 Å².